The summed E-state index contributed by atoms with van der Waals surface area (Å²) in [5, 5.41) is 8.47. The number of para-hydroxylation sites is 1. The minimum Gasteiger partial charge on any atom is -0.472 e. The zero-order chi connectivity index (χ0) is 19.2. The number of hydrogen-bond acceptors (Lipinski definition) is 5. The molecule has 0 bridgehead atoms. The van der Waals surface area contributed by atoms with Crippen molar-refractivity contribution in [3.05, 3.63) is 73.5 Å². The summed E-state index contributed by atoms with van der Waals surface area (Å²) in [6.45, 7) is 0. The highest BCUT2D eigenvalue weighted by Gasteiger charge is 2.16. The zero-order valence-corrected chi connectivity index (χ0v) is 15.1. The number of rotatable bonds is 3. The third-order valence-corrected chi connectivity index (χ3v) is 4.94. The highest BCUT2D eigenvalue weighted by atomic mass is 16.3. The largest absolute Gasteiger partial charge is 0.472 e. The van der Waals surface area contributed by atoms with Crippen LogP contribution in [0.1, 0.15) is 0 Å². The molecule has 5 aromatic heterocycles. The van der Waals surface area contributed by atoms with E-state index in [2.05, 4.69) is 25.1 Å². The van der Waals surface area contributed by atoms with E-state index in [1.165, 1.54) is 0 Å². The summed E-state index contributed by atoms with van der Waals surface area (Å²) in [7, 11) is 0. The van der Waals surface area contributed by atoms with Gasteiger partial charge < -0.3 is 9.40 Å². The molecule has 29 heavy (non-hydrogen) atoms. The number of nitrogens with one attached hydrogen (secondary N) is 2. The van der Waals surface area contributed by atoms with Gasteiger partial charge in [0.25, 0.3) is 0 Å². The van der Waals surface area contributed by atoms with E-state index < -0.39 is 0 Å². The first-order valence-electron chi connectivity index (χ1n) is 9.14. The molecule has 0 atom stereocenters. The van der Waals surface area contributed by atoms with E-state index in [9.17, 15) is 0 Å². The minimum atomic E-state index is 0.695. The minimum absolute atomic E-state index is 0.695. The van der Waals surface area contributed by atoms with E-state index in [0.29, 0.717) is 5.82 Å². The molecular weight excluding hydrogens is 364 g/mol. The number of nitrogens with zero attached hydrogens (tertiary/aromatic N) is 4. The molecule has 0 fully saturated rings. The zero-order valence-electron chi connectivity index (χ0n) is 15.1. The van der Waals surface area contributed by atoms with Gasteiger partial charge in [-0.15, -0.1) is 0 Å². The van der Waals surface area contributed by atoms with E-state index >= 15 is 0 Å². The molecule has 0 spiro atoms. The molecule has 0 saturated heterocycles. The van der Waals surface area contributed by atoms with Gasteiger partial charge in [0.15, 0.2) is 5.82 Å². The maximum absolute atomic E-state index is 5.24. The number of H-pyrrole nitrogens is 2. The molecule has 2 N–H and O–H groups in total. The highest BCUT2D eigenvalue weighted by Crippen LogP contribution is 2.32. The molecule has 1 aromatic carbocycles. The molecule has 6 aromatic rings. The first kappa shape index (κ1) is 15.8. The number of pyridine rings is 2. The Morgan fingerprint density at radius 1 is 0.897 bits per heavy atom. The molecule has 0 saturated carbocycles. The summed E-state index contributed by atoms with van der Waals surface area (Å²) in [5.74, 6) is 0.695. The average Bonchev–Trinajstić information content (AvgIpc) is 3.52. The van der Waals surface area contributed by atoms with Crippen LogP contribution in [0.2, 0.25) is 0 Å². The Morgan fingerprint density at radius 2 is 1.90 bits per heavy atom. The van der Waals surface area contributed by atoms with Gasteiger partial charge in [-0.25, -0.2) is 4.98 Å². The molecule has 0 aliphatic carbocycles. The monoisotopic (exact) mass is 378 g/mol. The second-order valence-electron chi connectivity index (χ2n) is 6.70. The van der Waals surface area contributed by atoms with Crippen LogP contribution in [0.3, 0.4) is 0 Å². The Kier molecular flexibility index (Phi) is 3.33. The van der Waals surface area contributed by atoms with Crippen LogP contribution in [-0.4, -0.2) is 30.1 Å². The molecule has 0 unspecified atom stereocenters. The number of aromatic nitrogens is 6. The molecule has 5 heterocycles. The summed E-state index contributed by atoms with van der Waals surface area (Å²) in [6.07, 6.45) is 6.91. The smallest absolute Gasteiger partial charge is 0.159 e. The van der Waals surface area contributed by atoms with E-state index in [-0.39, 0.29) is 0 Å². The third-order valence-electron chi connectivity index (χ3n) is 4.94. The second-order valence-corrected chi connectivity index (χ2v) is 6.70. The van der Waals surface area contributed by atoms with Gasteiger partial charge in [0.05, 0.1) is 46.7 Å². The lowest BCUT2D eigenvalue weighted by Gasteiger charge is -2.00. The Bertz CT molecular complexity index is 1450. The Balaban J connectivity index is 1.53. The predicted octanol–water partition coefficient (Wildman–Crippen LogP) is 4.82. The normalized spacial score (nSPS) is 11.4. The Morgan fingerprint density at radius 3 is 2.76 bits per heavy atom. The van der Waals surface area contributed by atoms with Crippen molar-refractivity contribution < 1.29 is 4.42 Å². The molecule has 0 aliphatic heterocycles. The summed E-state index contributed by atoms with van der Waals surface area (Å²) in [6, 6.07) is 15.7. The second kappa shape index (κ2) is 6.13. The average molecular weight is 378 g/mol. The van der Waals surface area contributed by atoms with Gasteiger partial charge in [-0.1, -0.05) is 18.2 Å². The third kappa shape index (κ3) is 2.52. The van der Waals surface area contributed by atoms with Crippen molar-refractivity contribution in [1.29, 1.82) is 0 Å². The first-order valence-corrected chi connectivity index (χ1v) is 9.14. The fraction of sp³-hybridized carbons (Fsp3) is 0. The van der Waals surface area contributed by atoms with E-state index in [0.717, 1.165) is 50.1 Å². The van der Waals surface area contributed by atoms with Crippen molar-refractivity contribution in [3.8, 4) is 34.0 Å². The molecule has 6 rings (SSSR count). The SMILES string of the molecule is c1ccc(-c2cc3c(-c4nc5c(-c6ccoc6)cccc5[nH]4)n[nH]c3cn2)nc1. The van der Waals surface area contributed by atoms with Crippen LogP contribution in [-0.2, 0) is 0 Å². The van der Waals surface area contributed by atoms with Crippen LogP contribution in [0, 0.1) is 0 Å². The highest BCUT2D eigenvalue weighted by molar-refractivity contribution is 5.97. The number of fused-ring (bicyclic) bond motifs is 2. The van der Waals surface area contributed by atoms with Crippen LogP contribution >= 0.6 is 0 Å². The summed E-state index contributed by atoms with van der Waals surface area (Å²) in [4.78, 5) is 17.1. The summed E-state index contributed by atoms with van der Waals surface area (Å²) in [5.41, 5.74) is 7.00. The fourth-order valence-electron chi connectivity index (χ4n) is 3.55. The lowest BCUT2D eigenvalue weighted by Crippen LogP contribution is -1.87. The maximum atomic E-state index is 5.24. The van der Waals surface area contributed by atoms with E-state index in [1.54, 1.807) is 24.9 Å². The van der Waals surface area contributed by atoms with Crippen LogP contribution in [0.15, 0.2) is 77.9 Å². The molecule has 0 amide bonds. The van der Waals surface area contributed by atoms with Crippen LogP contribution < -0.4 is 0 Å². The van der Waals surface area contributed by atoms with Gasteiger partial charge in [0.1, 0.15) is 5.69 Å². The van der Waals surface area contributed by atoms with E-state index in [1.807, 2.05) is 48.5 Å². The maximum Gasteiger partial charge on any atom is 0.159 e. The van der Waals surface area contributed by atoms with Gasteiger partial charge in [-0.3, -0.25) is 15.1 Å². The Labute approximate surface area is 164 Å². The summed E-state index contributed by atoms with van der Waals surface area (Å²) < 4.78 is 5.24. The molecule has 7 nitrogen and oxygen atoms in total. The molecule has 0 aliphatic rings. The predicted molar refractivity (Wildman–Crippen MR) is 110 cm³/mol. The fourth-order valence-corrected chi connectivity index (χ4v) is 3.55. The number of aromatic amines is 2. The first-order chi connectivity index (χ1) is 14.4. The lowest BCUT2D eigenvalue weighted by atomic mass is 10.1. The van der Waals surface area contributed by atoms with Crippen LogP contribution in [0.25, 0.3) is 56.0 Å². The van der Waals surface area contributed by atoms with Crippen molar-refractivity contribution in [3.63, 3.8) is 0 Å². The van der Waals surface area contributed by atoms with Crippen LogP contribution in [0.4, 0.5) is 0 Å². The van der Waals surface area contributed by atoms with Crippen molar-refractivity contribution in [2.75, 3.05) is 0 Å². The van der Waals surface area contributed by atoms with E-state index in [4.69, 9.17) is 9.40 Å². The van der Waals surface area contributed by atoms with Crippen molar-refractivity contribution in [1.82, 2.24) is 30.1 Å². The van der Waals surface area contributed by atoms with Crippen LogP contribution in [0.5, 0.6) is 0 Å². The van der Waals surface area contributed by atoms with Gasteiger partial charge in [-0.05, 0) is 30.3 Å². The van der Waals surface area contributed by atoms with Gasteiger partial charge >= 0.3 is 0 Å². The number of furan rings is 1. The molecule has 0 radical (unpaired) electrons. The topological polar surface area (TPSA) is 96.3 Å². The number of benzene rings is 1. The van der Waals surface area contributed by atoms with Crippen molar-refractivity contribution >= 4 is 21.9 Å². The van der Waals surface area contributed by atoms with Crippen molar-refractivity contribution in [2.24, 2.45) is 0 Å². The van der Waals surface area contributed by atoms with Gasteiger partial charge in [0.2, 0.25) is 0 Å². The number of imidazole rings is 1. The number of hydrogen-bond donors (Lipinski definition) is 2. The van der Waals surface area contributed by atoms with Crippen molar-refractivity contribution in [2.45, 2.75) is 0 Å². The molecule has 7 heteroatoms. The Hall–Kier alpha value is -4.26. The summed E-state index contributed by atoms with van der Waals surface area (Å²) >= 11 is 0. The van der Waals surface area contributed by atoms with Gasteiger partial charge in [-0.2, -0.15) is 5.10 Å². The van der Waals surface area contributed by atoms with Gasteiger partial charge in [0, 0.05) is 22.7 Å². The molecular formula is C22H14N6O. The molecule has 138 valence electrons. The standard InChI is InChI=1S/C22H14N6O/c1-2-8-23-16(5-1)18-10-15-19(11-24-18)27-28-21(15)22-25-17-6-3-4-14(20(17)26-22)13-7-9-29-12-13/h1-12H,(H,25,26)(H,27,28). The quantitative estimate of drug-likeness (QED) is 0.460. The lowest BCUT2D eigenvalue weighted by molar-refractivity contribution is 0.568.